The SMILES string of the molecule is CC(C)C(C)(CCO)C(C)N. The molecule has 0 fully saturated rings. The largest absolute Gasteiger partial charge is 0.396 e. The summed E-state index contributed by atoms with van der Waals surface area (Å²) in [4.78, 5) is 0. The summed E-state index contributed by atoms with van der Waals surface area (Å²) < 4.78 is 0. The fraction of sp³-hybridized carbons (Fsp3) is 1.00. The molecule has 3 N–H and O–H groups in total. The average Bonchev–Trinajstić information content (AvgIpc) is 1.87. The van der Waals surface area contributed by atoms with Gasteiger partial charge in [0.05, 0.1) is 0 Å². The van der Waals surface area contributed by atoms with Crippen LogP contribution in [0.4, 0.5) is 0 Å². The van der Waals surface area contributed by atoms with Crippen molar-refractivity contribution in [2.24, 2.45) is 17.1 Å². The molecule has 0 saturated heterocycles. The highest BCUT2D eigenvalue weighted by molar-refractivity contribution is 4.84. The van der Waals surface area contributed by atoms with E-state index in [0.717, 1.165) is 6.42 Å². The second-order valence-electron chi connectivity index (χ2n) is 3.92. The van der Waals surface area contributed by atoms with Gasteiger partial charge < -0.3 is 10.8 Å². The third kappa shape index (κ3) is 2.46. The molecule has 0 saturated carbocycles. The minimum Gasteiger partial charge on any atom is -0.396 e. The van der Waals surface area contributed by atoms with E-state index in [9.17, 15) is 0 Å². The van der Waals surface area contributed by atoms with Gasteiger partial charge in [-0.05, 0) is 24.7 Å². The standard InChI is InChI=1S/C9H21NO/c1-7(2)9(4,5-6-11)8(3)10/h7-8,11H,5-6,10H2,1-4H3. The fourth-order valence-electron chi connectivity index (χ4n) is 1.28. The third-order valence-corrected chi connectivity index (χ3v) is 3.01. The van der Waals surface area contributed by atoms with Crippen molar-refractivity contribution in [1.82, 2.24) is 0 Å². The van der Waals surface area contributed by atoms with Gasteiger partial charge >= 0.3 is 0 Å². The molecule has 0 radical (unpaired) electrons. The van der Waals surface area contributed by atoms with Crippen molar-refractivity contribution >= 4 is 0 Å². The van der Waals surface area contributed by atoms with Gasteiger partial charge in [0, 0.05) is 12.6 Å². The van der Waals surface area contributed by atoms with Crippen LogP contribution in [0.1, 0.15) is 34.1 Å². The van der Waals surface area contributed by atoms with Crippen LogP contribution >= 0.6 is 0 Å². The van der Waals surface area contributed by atoms with Gasteiger partial charge in [0.2, 0.25) is 0 Å². The molecule has 0 rings (SSSR count). The molecule has 2 unspecified atom stereocenters. The molecule has 2 atom stereocenters. The molecule has 2 nitrogen and oxygen atoms in total. The van der Waals surface area contributed by atoms with Crippen molar-refractivity contribution in [3.63, 3.8) is 0 Å². The van der Waals surface area contributed by atoms with Crippen LogP contribution in [0.25, 0.3) is 0 Å². The Labute approximate surface area is 69.8 Å². The fourth-order valence-corrected chi connectivity index (χ4v) is 1.28. The Morgan fingerprint density at radius 3 is 1.91 bits per heavy atom. The lowest BCUT2D eigenvalue weighted by Crippen LogP contribution is -2.41. The van der Waals surface area contributed by atoms with Gasteiger partial charge in [0.1, 0.15) is 0 Å². The monoisotopic (exact) mass is 159 g/mol. The van der Waals surface area contributed by atoms with Crippen molar-refractivity contribution in [1.29, 1.82) is 0 Å². The first kappa shape index (κ1) is 10.9. The van der Waals surface area contributed by atoms with E-state index in [0.29, 0.717) is 5.92 Å². The number of nitrogens with two attached hydrogens (primary N) is 1. The summed E-state index contributed by atoms with van der Waals surface area (Å²) in [5, 5.41) is 8.84. The number of hydrogen-bond acceptors (Lipinski definition) is 2. The maximum atomic E-state index is 8.84. The molecule has 2 heteroatoms. The zero-order valence-corrected chi connectivity index (χ0v) is 8.09. The first-order valence-electron chi connectivity index (χ1n) is 4.31. The molecule has 0 aliphatic heterocycles. The predicted octanol–water partition coefficient (Wildman–Crippen LogP) is 1.38. The van der Waals surface area contributed by atoms with Crippen molar-refractivity contribution < 1.29 is 5.11 Å². The van der Waals surface area contributed by atoms with E-state index in [1.807, 2.05) is 6.92 Å². The molecule has 0 bridgehead atoms. The molecule has 0 aliphatic rings. The first-order chi connectivity index (χ1) is 4.95. The topological polar surface area (TPSA) is 46.2 Å². The summed E-state index contributed by atoms with van der Waals surface area (Å²) in [5.41, 5.74) is 5.92. The van der Waals surface area contributed by atoms with Crippen molar-refractivity contribution in [2.75, 3.05) is 6.61 Å². The summed E-state index contributed by atoms with van der Waals surface area (Å²) in [6.07, 6.45) is 0.794. The van der Waals surface area contributed by atoms with E-state index in [4.69, 9.17) is 10.8 Å². The van der Waals surface area contributed by atoms with Gasteiger partial charge in [-0.15, -0.1) is 0 Å². The minimum atomic E-state index is 0.0781. The average molecular weight is 159 g/mol. The zero-order chi connectivity index (χ0) is 9.07. The Morgan fingerprint density at radius 1 is 1.36 bits per heavy atom. The van der Waals surface area contributed by atoms with E-state index in [-0.39, 0.29) is 18.1 Å². The quantitative estimate of drug-likeness (QED) is 0.651. The Bertz CT molecular complexity index is 102. The molecular weight excluding hydrogens is 138 g/mol. The number of aliphatic hydroxyl groups excluding tert-OH is 1. The zero-order valence-electron chi connectivity index (χ0n) is 8.09. The molecule has 0 spiro atoms. The predicted molar refractivity (Wildman–Crippen MR) is 48.3 cm³/mol. The lowest BCUT2D eigenvalue weighted by Gasteiger charge is -2.37. The van der Waals surface area contributed by atoms with E-state index in [1.165, 1.54) is 0 Å². The molecule has 0 aromatic carbocycles. The lowest BCUT2D eigenvalue weighted by molar-refractivity contribution is 0.119. The van der Waals surface area contributed by atoms with E-state index in [1.54, 1.807) is 0 Å². The lowest BCUT2D eigenvalue weighted by atomic mass is 9.72. The highest BCUT2D eigenvalue weighted by atomic mass is 16.3. The summed E-state index contributed by atoms with van der Waals surface area (Å²) in [6.45, 7) is 8.68. The minimum absolute atomic E-state index is 0.0781. The number of rotatable bonds is 4. The van der Waals surface area contributed by atoms with E-state index >= 15 is 0 Å². The normalized spacial score (nSPS) is 19.9. The summed E-state index contributed by atoms with van der Waals surface area (Å²) in [5.74, 6) is 0.523. The van der Waals surface area contributed by atoms with Gasteiger partial charge in [-0.2, -0.15) is 0 Å². The molecule has 0 aromatic heterocycles. The molecule has 68 valence electrons. The van der Waals surface area contributed by atoms with Crippen molar-refractivity contribution in [3.05, 3.63) is 0 Å². The molecule has 0 aromatic rings. The van der Waals surface area contributed by atoms with Crippen LogP contribution in [-0.2, 0) is 0 Å². The van der Waals surface area contributed by atoms with E-state index in [2.05, 4.69) is 20.8 Å². The maximum absolute atomic E-state index is 8.84. The molecule has 0 heterocycles. The van der Waals surface area contributed by atoms with Crippen LogP contribution in [0.2, 0.25) is 0 Å². The Morgan fingerprint density at radius 2 is 1.82 bits per heavy atom. The van der Waals surface area contributed by atoms with Gasteiger partial charge in [-0.1, -0.05) is 20.8 Å². The van der Waals surface area contributed by atoms with Gasteiger partial charge in [0.15, 0.2) is 0 Å². The first-order valence-corrected chi connectivity index (χ1v) is 4.31. The summed E-state index contributed by atoms with van der Waals surface area (Å²) >= 11 is 0. The van der Waals surface area contributed by atoms with E-state index < -0.39 is 0 Å². The highest BCUT2D eigenvalue weighted by Gasteiger charge is 2.31. The van der Waals surface area contributed by atoms with Crippen molar-refractivity contribution in [3.8, 4) is 0 Å². The third-order valence-electron chi connectivity index (χ3n) is 3.01. The summed E-state index contributed by atoms with van der Waals surface area (Å²) in [6, 6.07) is 0.148. The maximum Gasteiger partial charge on any atom is 0.0436 e. The molecular formula is C9H21NO. The second kappa shape index (κ2) is 4.07. The van der Waals surface area contributed by atoms with Gasteiger partial charge in [-0.3, -0.25) is 0 Å². The number of hydrogen-bond donors (Lipinski definition) is 2. The molecule has 11 heavy (non-hydrogen) atoms. The second-order valence-corrected chi connectivity index (χ2v) is 3.92. The Kier molecular flexibility index (Phi) is 4.04. The number of aliphatic hydroxyl groups is 1. The van der Waals surface area contributed by atoms with Crippen LogP contribution in [0.15, 0.2) is 0 Å². The molecule has 0 aliphatic carbocycles. The molecule has 0 amide bonds. The van der Waals surface area contributed by atoms with Gasteiger partial charge in [-0.25, -0.2) is 0 Å². The van der Waals surface area contributed by atoms with Crippen LogP contribution in [0, 0.1) is 11.3 Å². The van der Waals surface area contributed by atoms with Crippen LogP contribution in [0.5, 0.6) is 0 Å². The van der Waals surface area contributed by atoms with Crippen LogP contribution in [-0.4, -0.2) is 17.8 Å². The van der Waals surface area contributed by atoms with Crippen molar-refractivity contribution in [2.45, 2.75) is 40.2 Å². The summed E-state index contributed by atoms with van der Waals surface area (Å²) in [7, 11) is 0. The highest BCUT2D eigenvalue weighted by Crippen LogP contribution is 2.33. The smallest absolute Gasteiger partial charge is 0.0436 e. The Balaban J connectivity index is 4.26. The van der Waals surface area contributed by atoms with Crippen LogP contribution < -0.4 is 5.73 Å². The Hall–Kier alpha value is -0.0800. The van der Waals surface area contributed by atoms with Gasteiger partial charge in [0.25, 0.3) is 0 Å². The van der Waals surface area contributed by atoms with Crippen LogP contribution in [0.3, 0.4) is 0 Å².